The maximum absolute atomic E-state index is 11.7. The number of ketones is 1. The number of ether oxygens (including phenoxy) is 1. The maximum Gasteiger partial charge on any atom is 0.302 e. The molecule has 0 aromatic rings. The van der Waals surface area contributed by atoms with Gasteiger partial charge in [-0.2, -0.15) is 0 Å². The lowest BCUT2D eigenvalue weighted by Gasteiger charge is -2.37. The van der Waals surface area contributed by atoms with Crippen LogP contribution < -0.4 is 0 Å². The van der Waals surface area contributed by atoms with E-state index in [1.165, 1.54) is 6.92 Å². The van der Waals surface area contributed by atoms with Gasteiger partial charge in [0.25, 0.3) is 0 Å². The molecule has 0 aromatic heterocycles. The Morgan fingerprint density at radius 1 is 1.40 bits per heavy atom. The SMILES string of the molecule is CC(=O)O[C@@H]1C[C@@H]2C(=O)C[C@@]1(C)C2(C)C. The van der Waals surface area contributed by atoms with Gasteiger partial charge < -0.3 is 4.74 Å². The normalized spacial score (nSPS) is 42.0. The molecule has 2 aliphatic rings. The summed E-state index contributed by atoms with van der Waals surface area (Å²) >= 11 is 0. The van der Waals surface area contributed by atoms with E-state index in [4.69, 9.17) is 4.74 Å². The Labute approximate surface area is 90.2 Å². The molecule has 0 aliphatic heterocycles. The Bertz CT molecular complexity index is 332. The molecule has 0 amide bonds. The standard InChI is InChI=1S/C12H18O3/c1-7(13)15-10-5-8-9(14)6-12(10,4)11(8,2)3/h8,10H,5-6H2,1-4H3/t8-,10-,12-/m1/s1. The zero-order chi connectivity index (χ0) is 11.4. The highest BCUT2D eigenvalue weighted by atomic mass is 16.5. The van der Waals surface area contributed by atoms with E-state index in [2.05, 4.69) is 20.8 Å². The molecule has 2 rings (SSSR count). The molecule has 84 valence electrons. The molecule has 15 heavy (non-hydrogen) atoms. The average molecular weight is 210 g/mol. The van der Waals surface area contributed by atoms with Crippen LogP contribution in [0.3, 0.4) is 0 Å². The second-order valence-corrected chi connectivity index (χ2v) is 5.67. The quantitative estimate of drug-likeness (QED) is 0.621. The van der Waals surface area contributed by atoms with E-state index in [1.54, 1.807) is 0 Å². The van der Waals surface area contributed by atoms with E-state index in [0.29, 0.717) is 18.6 Å². The predicted molar refractivity (Wildman–Crippen MR) is 55.2 cm³/mol. The lowest BCUT2D eigenvalue weighted by Crippen LogP contribution is -2.38. The van der Waals surface area contributed by atoms with Gasteiger partial charge in [-0.25, -0.2) is 0 Å². The molecule has 3 atom stereocenters. The van der Waals surface area contributed by atoms with Crippen LogP contribution in [0.1, 0.15) is 40.5 Å². The van der Waals surface area contributed by atoms with E-state index in [0.717, 1.165) is 0 Å². The molecule has 0 N–H and O–H groups in total. The van der Waals surface area contributed by atoms with Crippen LogP contribution in [-0.4, -0.2) is 17.9 Å². The summed E-state index contributed by atoms with van der Waals surface area (Å²) in [5.41, 5.74) is -0.204. The fraction of sp³-hybridized carbons (Fsp3) is 0.833. The van der Waals surface area contributed by atoms with Crippen LogP contribution in [0, 0.1) is 16.7 Å². The fourth-order valence-electron chi connectivity index (χ4n) is 3.32. The molecule has 2 aliphatic carbocycles. The Hall–Kier alpha value is -0.860. The third-order valence-electron chi connectivity index (χ3n) is 4.74. The number of hydrogen-bond acceptors (Lipinski definition) is 3. The van der Waals surface area contributed by atoms with Gasteiger partial charge in [-0.3, -0.25) is 9.59 Å². The number of rotatable bonds is 1. The highest BCUT2D eigenvalue weighted by Gasteiger charge is 2.66. The van der Waals surface area contributed by atoms with Gasteiger partial charge in [-0.05, 0) is 11.8 Å². The van der Waals surface area contributed by atoms with Gasteiger partial charge in [0.05, 0.1) is 0 Å². The minimum atomic E-state index is -0.239. The van der Waals surface area contributed by atoms with Gasteiger partial charge in [0.2, 0.25) is 0 Å². The zero-order valence-corrected chi connectivity index (χ0v) is 9.79. The molecule has 2 fully saturated rings. The molecule has 0 unspecified atom stereocenters. The molecule has 0 aromatic carbocycles. The maximum atomic E-state index is 11.7. The van der Waals surface area contributed by atoms with Gasteiger partial charge in [0.15, 0.2) is 0 Å². The fourth-order valence-corrected chi connectivity index (χ4v) is 3.32. The van der Waals surface area contributed by atoms with Crippen molar-refractivity contribution in [3.8, 4) is 0 Å². The summed E-state index contributed by atoms with van der Waals surface area (Å²) in [6, 6.07) is 0. The summed E-state index contributed by atoms with van der Waals surface area (Å²) < 4.78 is 5.34. The van der Waals surface area contributed by atoms with Gasteiger partial charge in [-0.1, -0.05) is 20.8 Å². The lowest BCUT2D eigenvalue weighted by molar-refractivity contribution is -0.155. The van der Waals surface area contributed by atoms with Crippen LogP contribution in [0.25, 0.3) is 0 Å². The van der Waals surface area contributed by atoms with Crippen LogP contribution in [0.2, 0.25) is 0 Å². The van der Waals surface area contributed by atoms with Crippen LogP contribution in [-0.2, 0) is 14.3 Å². The van der Waals surface area contributed by atoms with E-state index >= 15 is 0 Å². The number of fused-ring (bicyclic) bond motifs is 2. The summed E-state index contributed by atoms with van der Waals surface area (Å²) in [5, 5.41) is 0. The van der Waals surface area contributed by atoms with E-state index in [-0.39, 0.29) is 28.8 Å². The van der Waals surface area contributed by atoms with E-state index in [9.17, 15) is 9.59 Å². The molecule has 0 saturated heterocycles. The summed E-state index contributed by atoms with van der Waals surface area (Å²) in [5.74, 6) is 0.176. The first-order valence-electron chi connectivity index (χ1n) is 5.49. The predicted octanol–water partition coefficient (Wildman–Crippen LogP) is 1.94. The highest BCUT2D eigenvalue weighted by molar-refractivity contribution is 5.87. The van der Waals surface area contributed by atoms with Crippen LogP contribution in [0.5, 0.6) is 0 Å². The number of esters is 1. The third-order valence-corrected chi connectivity index (χ3v) is 4.74. The number of carbonyl (C=O) groups excluding carboxylic acids is 2. The Morgan fingerprint density at radius 2 is 2.00 bits per heavy atom. The first-order chi connectivity index (χ1) is 6.79. The number of hydrogen-bond donors (Lipinski definition) is 0. The molecule has 2 saturated carbocycles. The minimum Gasteiger partial charge on any atom is -0.462 e. The molecule has 0 heterocycles. The van der Waals surface area contributed by atoms with Crippen molar-refractivity contribution in [2.75, 3.05) is 0 Å². The Kier molecular flexibility index (Phi) is 2.01. The molecular formula is C12H18O3. The van der Waals surface area contributed by atoms with Crippen LogP contribution in [0.15, 0.2) is 0 Å². The largest absolute Gasteiger partial charge is 0.462 e. The van der Waals surface area contributed by atoms with Crippen molar-refractivity contribution < 1.29 is 14.3 Å². The smallest absolute Gasteiger partial charge is 0.302 e. The number of carbonyl (C=O) groups is 2. The molecular weight excluding hydrogens is 192 g/mol. The van der Waals surface area contributed by atoms with Gasteiger partial charge >= 0.3 is 5.97 Å². The van der Waals surface area contributed by atoms with Gasteiger partial charge in [0.1, 0.15) is 11.9 Å². The van der Waals surface area contributed by atoms with Crippen molar-refractivity contribution in [1.82, 2.24) is 0 Å². The van der Waals surface area contributed by atoms with Crippen molar-refractivity contribution in [1.29, 1.82) is 0 Å². The Morgan fingerprint density at radius 3 is 2.33 bits per heavy atom. The molecule has 0 spiro atoms. The van der Waals surface area contributed by atoms with Crippen molar-refractivity contribution >= 4 is 11.8 Å². The first kappa shape index (κ1) is 10.7. The second kappa shape index (κ2) is 2.83. The van der Waals surface area contributed by atoms with E-state index in [1.807, 2.05) is 0 Å². The van der Waals surface area contributed by atoms with Crippen molar-refractivity contribution in [2.24, 2.45) is 16.7 Å². The molecule has 3 nitrogen and oxygen atoms in total. The van der Waals surface area contributed by atoms with Crippen LogP contribution in [0.4, 0.5) is 0 Å². The summed E-state index contributed by atoms with van der Waals surface area (Å²) in [4.78, 5) is 22.8. The average Bonchev–Trinajstić information content (AvgIpc) is 2.33. The van der Waals surface area contributed by atoms with Crippen molar-refractivity contribution in [3.63, 3.8) is 0 Å². The topological polar surface area (TPSA) is 43.4 Å². The first-order valence-corrected chi connectivity index (χ1v) is 5.49. The highest BCUT2D eigenvalue weighted by Crippen LogP contribution is 2.64. The Balaban J connectivity index is 2.30. The monoisotopic (exact) mass is 210 g/mol. The van der Waals surface area contributed by atoms with Gasteiger partial charge in [0, 0.05) is 24.7 Å². The zero-order valence-electron chi connectivity index (χ0n) is 9.79. The molecule has 3 heteroatoms. The summed E-state index contributed by atoms with van der Waals surface area (Å²) in [6.45, 7) is 7.74. The van der Waals surface area contributed by atoms with E-state index < -0.39 is 0 Å². The van der Waals surface area contributed by atoms with Crippen molar-refractivity contribution in [2.45, 2.75) is 46.6 Å². The van der Waals surface area contributed by atoms with Crippen molar-refractivity contribution in [3.05, 3.63) is 0 Å². The molecule has 0 radical (unpaired) electrons. The lowest BCUT2D eigenvalue weighted by atomic mass is 9.70. The summed E-state index contributed by atoms with van der Waals surface area (Å²) in [6.07, 6.45) is 1.19. The summed E-state index contributed by atoms with van der Waals surface area (Å²) in [7, 11) is 0. The number of Topliss-reactive ketones (excluding diaryl/α,β-unsaturated/α-hetero) is 1. The minimum absolute atomic E-state index is 0.0375. The third kappa shape index (κ3) is 1.18. The van der Waals surface area contributed by atoms with Gasteiger partial charge in [-0.15, -0.1) is 0 Å². The second-order valence-electron chi connectivity index (χ2n) is 5.67. The molecule has 2 bridgehead atoms. The van der Waals surface area contributed by atoms with Crippen LogP contribution >= 0.6 is 0 Å².